The fourth-order valence-electron chi connectivity index (χ4n) is 2.30. The number of nitrogens with one attached hydrogen (secondary N) is 1. The van der Waals surface area contributed by atoms with E-state index in [1.807, 2.05) is 0 Å². The standard InChI is InChI=1S/C13H16FNO2/c14-11-6-4-9(5-7-11)13(17)15-12-3-1-2-10(12)8-16/h4-7,10,12,16H,1-3,8H2,(H,15,17). The molecule has 17 heavy (non-hydrogen) atoms. The molecule has 1 amide bonds. The quantitative estimate of drug-likeness (QED) is 0.841. The number of benzene rings is 1. The maximum absolute atomic E-state index is 12.7. The molecule has 1 saturated carbocycles. The van der Waals surface area contributed by atoms with Crippen molar-refractivity contribution in [1.82, 2.24) is 5.32 Å². The molecule has 1 aromatic rings. The largest absolute Gasteiger partial charge is 0.396 e. The fourth-order valence-corrected chi connectivity index (χ4v) is 2.30. The van der Waals surface area contributed by atoms with Crippen LogP contribution in [0.15, 0.2) is 24.3 Å². The van der Waals surface area contributed by atoms with Crippen LogP contribution in [0.5, 0.6) is 0 Å². The number of aliphatic hydroxyl groups is 1. The number of carbonyl (C=O) groups is 1. The monoisotopic (exact) mass is 237 g/mol. The van der Waals surface area contributed by atoms with Gasteiger partial charge in [0.2, 0.25) is 0 Å². The topological polar surface area (TPSA) is 49.3 Å². The Labute approximate surface area is 99.7 Å². The van der Waals surface area contributed by atoms with Gasteiger partial charge in [0.25, 0.3) is 5.91 Å². The van der Waals surface area contributed by atoms with Crippen molar-refractivity contribution < 1.29 is 14.3 Å². The first kappa shape index (κ1) is 12.0. The first-order chi connectivity index (χ1) is 8.20. The van der Waals surface area contributed by atoms with Crippen LogP contribution >= 0.6 is 0 Å². The average molecular weight is 237 g/mol. The predicted molar refractivity (Wildman–Crippen MR) is 62.1 cm³/mol. The van der Waals surface area contributed by atoms with Crippen LogP contribution in [0.25, 0.3) is 0 Å². The second kappa shape index (κ2) is 5.27. The summed E-state index contributed by atoms with van der Waals surface area (Å²) in [6.07, 6.45) is 2.88. The van der Waals surface area contributed by atoms with Crippen LogP contribution < -0.4 is 5.32 Å². The van der Waals surface area contributed by atoms with Crippen LogP contribution in [0.3, 0.4) is 0 Å². The lowest BCUT2D eigenvalue weighted by Gasteiger charge is -2.18. The number of carbonyl (C=O) groups excluding carboxylic acids is 1. The van der Waals surface area contributed by atoms with E-state index < -0.39 is 0 Å². The Kier molecular flexibility index (Phi) is 3.74. The number of amides is 1. The number of rotatable bonds is 3. The van der Waals surface area contributed by atoms with Crippen LogP contribution in [0.1, 0.15) is 29.6 Å². The Morgan fingerprint density at radius 1 is 1.35 bits per heavy atom. The molecule has 0 aliphatic heterocycles. The minimum atomic E-state index is -0.351. The van der Waals surface area contributed by atoms with E-state index in [1.165, 1.54) is 24.3 Å². The van der Waals surface area contributed by atoms with E-state index in [-0.39, 0.29) is 30.3 Å². The van der Waals surface area contributed by atoms with Crippen LogP contribution in [0.4, 0.5) is 4.39 Å². The predicted octanol–water partition coefficient (Wildman–Crippen LogP) is 1.72. The van der Waals surface area contributed by atoms with Crippen molar-refractivity contribution in [2.45, 2.75) is 25.3 Å². The van der Waals surface area contributed by atoms with E-state index in [0.717, 1.165) is 19.3 Å². The summed E-state index contributed by atoms with van der Waals surface area (Å²) in [6, 6.07) is 5.51. The summed E-state index contributed by atoms with van der Waals surface area (Å²) in [5.74, 6) is -0.398. The molecule has 0 saturated heterocycles. The molecule has 92 valence electrons. The lowest BCUT2D eigenvalue weighted by atomic mass is 10.0. The highest BCUT2D eigenvalue weighted by molar-refractivity contribution is 5.94. The summed E-state index contributed by atoms with van der Waals surface area (Å²) < 4.78 is 12.7. The third kappa shape index (κ3) is 2.82. The van der Waals surface area contributed by atoms with Crippen molar-refractivity contribution in [2.75, 3.05) is 6.61 Å². The summed E-state index contributed by atoms with van der Waals surface area (Å²) in [5.41, 5.74) is 0.454. The molecule has 0 aromatic heterocycles. The number of hydrogen-bond acceptors (Lipinski definition) is 2. The first-order valence-corrected chi connectivity index (χ1v) is 5.88. The van der Waals surface area contributed by atoms with Gasteiger partial charge in [-0.1, -0.05) is 6.42 Å². The zero-order chi connectivity index (χ0) is 12.3. The van der Waals surface area contributed by atoms with E-state index in [2.05, 4.69) is 5.32 Å². The van der Waals surface area contributed by atoms with Gasteiger partial charge in [-0.25, -0.2) is 4.39 Å². The molecule has 1 aliphatic rings. The Hall–Kier alpha value is -1.42. The number of hydrogen-bond donors (Lipinski definition) is 2. The molecule has 0 spiro atoms. The van der Waals surface area contributed by atoms with E-state index >= 15 is 0 Å². The van der Waals surface area contributed by atoms with Crippen LogP contribution in [0, 0.1) is 11.7 Å². The summed E-state index contributed by atoms with van der Waals surface area (Å²) in [7, 11) is 0. The first-order valence-electron chi connectivity index (χ1n) is 5.88. The van der Waals surface area contributed by atoms with Gasteiger partial charge < -0.3 is 10.4 Å². The highest BCUT2D eigenvalue weighted by Gasteiger charge is 2.27. The van der Waals surface area contributed by atoms with Gasteiger partial charge >= 0.3 is 0 Å². The van der Waals surface area contributed by atoms with Gasteiger partial charge in [-0.05, 0) is 37.1 Å². The summed E-state index contributed by atoms with van der Waals surface area (Å²) in [6.45, 7) is 0.106. The molecule has 3 nitrogen and oxygen atoms in total. The van der Waals surface area contributed by atoms with Gasteiger partial charge in [-0.15, -0.1) is 0 Å². The third-order valence-electron chi connectivity index (χ3n) is 3.32. The van der Waals surface area contributed by atoms with E-state index in [1.54, 1.807) is 0 Å². The van der Waals surface area contributed by atoms with Crippen LogP contribution in [-0.2, 0) is 0 Å². The lowest BCUT2D eigenvalue weighted by molar-refractivity contribution is 0.0916. The maximum atomic E-state index is 12.7. The summed E-state index contributed by atoms with van der Waals surface area (Å²) >= 11 is 0. The van der Waals surface area contributed by atoms with Crippen LogP contribution in [0.2, 0.25) is 0 Å². The molecule has 0 radical (unpaired) electrons. The zero-order valence-corrected chi connectivity index (χ0v) is 9.53. The smallest absolute Gasteiger partial charge is 0.251 e. The molecule has 2 N–H and O–H groups in total. The molecule has 2 rings (SSSR count). The molecule has 1 fully saturated rings. The molecule has 0 heterocycles. The molecule has 1 aromatic carbocycles. The number of aliphatic hydroxyl groups excluding tert-OH is 1. The van der Waals surface area contributed by atoms with Crippen molar-refractivity contribution >= 4 is 5.91 Å². The van der Waals surface area contributed by atoms with Crippen molar-refractivity contribution in [3.05, 3.63) is 35.6 Å². The summed E-state index contributed by atoms with van der Waals surface area (Å²) in [4.78, 5) is 11.9. The normalized spacial score (nSPS) is 23.6. The van der Waals surface area contributed by atoms with Crippen molar-refractivity contribution in [2.24, 2.45) is 5.92 Å². The Balaban J connectivity index is 1.99. The lowest BCUT2D eigenvalue weighted by Crippen LogP contribution is -2.38. The maximum Gasteiger partial charge on any atom is 0.251 e. The van der Waals surface area contributed by atoms with Crippen molar-refractivity contribution in [3.63, 3.8) is 0 Å². The average Bonchev–Trinajstić information content (AvgIpc) is 2.77. The van der Waals surface area contributed by atoms with Gasteiger partial charge in [-0.3, -0.25) is 4.79 Å². The van der Waals surface area contributed by atoms with E-state index in [0.29, 0.717) is 5.56 Å². The third-order valence-corrected chi connectivity index (χ3v) is 3.32. The molecular formula is C13H16FNO2. The second-order valence-electron chi connectivity index (χ2n) is 4.46. The second-order valence-corrected chi connectivity index (χ2v) is 4.46. The van der Waals surface area contributed by atoms with Crippen LogP contribution in [-0.4, -0.2) is 23.7 Å². The van der Waals surface area contributed by atoms with Gasteiger partial charge in [0.15, 0.2) is 0 Å². The minimum absolute atomic E-state index is 0.0394. The Morgan fingerprint density at radius 3 is 2.71 bits per heavy atom. The minimum Gasteiger partial charge on any atom is -0.396 e. The molecule has 0 bridgehead atoms. The zero-order valence-electron chi connectivity index (χ0n) is 9.53. The van der Waals surface area contributed by atoms with Crippen molar-refractivity contribution in [3.8, 4) is 0 Å². The molecular weight excluding hydrogens is 221 g/mol. The van der Waals surface area contributed by atoms with Crippen molar-refractivity contribution in [1.29, 1.82) is 0 Å². The van der Waals surface area contributed by atoms with Gasteiger partial charge in [0, 0.05) is 24.1 Å². The highest BCUT2D eigenvalue weighted by Crippen LogP contribution is 2.25. The Bertz CT molecular complexity index is 391. The molecule has 1 aliphatic carbocycles. The summed E-state index contributed by atoms with van der Waals surface area (Å²) in [5, 5.41) is 12.0. The van der Waals surface area contributed by atoms with E-state index in [9.17, 15) is 9.18 Å². The molecule has 2 atom stereocenters. The Morgan fingerprint density at radius 2 is 2.06 bits per heavy atom. The highest BCUT2D eigenvalue weighted by atomic mass is 19.1. The number of halogens is 1. The van der Waals surface area contributed by atoms with Gasteiger partial charge in [-0.2, -0.15) is 0 Å². The molecule has 2 unspecified atom stereocenters. The fraction of sp³-hybridized carbons (Fsp3) is 0.462. The van der Waals surface area contributed by atoms with Gasteiger partial charge in [0.05, 0.1) is 0 Å². The molecule has 4 heteroatoms. The SMILES string of the molecule is O=C(NC1CCCC1CO)c1ccc(F)cc1. The van der Waals surface area contributed by atoms with Gasteiger partial charge in [0.1, 0.15) is 5.82 Å². The van der Waals surface area contributed by atoms with E-state index in [4.69, 9.17) is 5.11 Å².